The van der Waals surface area contributed by atoms with E-state index in [1.807, 2.05) is 0 Å². The molecular weight excluding hydrogens is 615 g/mol. The van der Waals surface area contributed by atoms with Gasteiger partial charge in [-0.2, -0.15) is 0 Å². The van der Waals surface area contributed by atoms with Gasteiger partial charge in [0.25, 0.3) is 0 Å². The Morgan fingerprint density at radius 1 is 0.471 bits per heavy atom. The van der Waals surface area contributed by atoms with Gasteiger partial charge in [-0.3, -0.25) is 0 Å². The van der Waals surface area contributed by atoms with E-state index in [0.29, 0.717) is 0 Å². The van der Waals surface area contributed by atoms with Gasteiger partial charge in [-0.25, -0.2) is 0 Å². The first kappa shape index (κ1) is 31.1. The van der Waals surface area contributed by atoms with Gasteiger partial charge < -0.3 is 4.90 Å². The van der Waals surface area contributed by atoms with E-state index in [1.54, 1.807) is 0 Å². The average molecular weight is 656 g/mol. The number of fused-ring (bicyclic) bond motifs is 4. The number of benzene rings is 7. The normalized spacial score (nSPS) is 17.1. The molecule has 51 heavy (non-hydrogen) atoms. The molecule has 0 spiro atoms. The Balaban J connectivity index is 1.11. The lowest BCUT2D eigenvalue weighted by molar-refractivity contribution is 0.595. The summed E-state index contributed by atoms with van der Waals surface area (Å²) in [5.41, 5.74) is 15.1. The summed E-state index contributed by atoms with van der Waals surface area (Å²) in [5, 5.41) is 2.55. The number of nitrogens with zero attached hydrogens (tertiary/aromatic N) is 1. The van der Waals surface area contributed by atoms with Crippen LogP contribution in [0.15, 0.2) is 188 Å². The second kappa shape index (κ2) is 12.1. The number of allylic oxidation sites excluding steroid dienone is 3. The van der Waals surface area contributed by atoms with Crippen LogP contribution in [0.3, 0.4) is 0 Å². The Labute approximate surface area is 301 Å². The van der Waals surface area contributed by atoms with Gasteiger partial charge in [0.15, 0.2) is 0 Å². The fourth-order valence-electron chi connectivity index (χ4n) is 8.21. The average Bonchev–Trinajstić information content (AvgIpc) is 3.41. The van der Waals surface area contributed by atoms with Gasteiger partial charge in [0.1, 0.15) is 0 Å². The molecular formula is C50H41N. The summed E-state index contributed by atoms with van der Waals surface area (Å²) >= 11 is 0. The highest BCUT2D eigenvalue weighted by Crippen LogP contribution is 2.51. The predicted molar refractivity (Wildman–Crippen MR) is 217 cm³/mol. The molecule has 0 saturated carbocycles. The number of rotatable bonds is 6. The second-order valence-corrected chi connectivity index (χ2v) is 14.9. The standard InChI is InChI=1S/C50H41N/c1-49(2)47-33-40(39-19-18-36-14-10-11-15-38(36)32-39)22-26-45(47)46-27-25-44(34-48(46)49)51(42-23-20-37(21-24-42)35-12-6-4-7-13-35)43-28-30-50(3,31-29-43)41-16-8-5-9-17-41/h4-30,32-34H,31H2,1-3H3. The maximum Gasteiger partial charge on any atom is 0.0464 e. The van der Waals surface area contributed by atoms with E-state index in [0.717, 1.165) is 12.1 Å². The van der Waals surface area contributed by atoms with Crippen molar-refractivity contribution in [3.05, 3.63) is 204 Å². The van der Waals surface area contributed by atoms with Crippen LogP contribution in [0.1, 0.15) is 43.9 Å². The van der Waals surface area contributed by atoms with Crippen molar-refractivity contribution in [2.24, 2.45) is 0 Å². The van der Waals surface area contributed by atoms with Gasteiger partial charge in [0, 0.05) is 27.9 Å². The van der Waals surface area contributed by atoms with Crippen molar-refractivity contribution in [1.82, 2.24) is 0 Å². The highest BCUT2D eigenvalue weighted by atomic mass is 15.1. The summed E-state index contributed by atoms with van der Waals surface area (Å²) in [6.45, 7) is 7.11. The molecule has 0 bridgehead atoms. The summed E-state index contributed by atoms with van der Waals surface area (Å²) in [7, 11) is 0. The zero-order valence-corrected chi connectivity index (χ0v) is 29.5. The van der Waals surface area contributed by atoms with Crippen LogP contribution in [0.5, 0.6) is 0 Å². The first-order valence-corrected chi connectivity index (χ1v) is 18.1. The molecule has 0 aromatic heterocycles. The summed E-state index contributed by atoms with van der Waals surface area (Å²) in [6.07, 6.45) is 8.07. The lowest BCUT2D eigenvalue weighted by atomic mass is 9.77. The van der Waals surface area contributed by atoms with Crippen LogP contribution in [0.2, 0.25) is 0 Å². The molecule has 7 aromatic carbocycles. The highest BCUT2D eigenvalue weighted by Gasteiger charge is 2.36. The van der Waals surface area contributed by atoms with E-state index >= 15 is 0 Å². The fraction of sp³-hybridized carbons (Fsp3) is 0.120. The topological polar surface area (TPSA) is 3.24 Å². The molecule has 2 aliphatic rings. The fourth-order valence-corrected chi connectivity index (χ4v) is 8.21. The molecule has 1 atom stereocenters. The van der Waals surface area contributed by atoms with Crippen LogP contribution in [-0.4, -0.2) is 0 Å². The monoisotopic (exact) mass is 655 g/mol. The van der Waals surface area contributed by atoms with Gasteiger partial charge in [0.05, 0.1) is 0 Å². The van der Waals surface area contributed by atoms with E-state index in [-0.39, 0.29) is 10.8 Å². The highest BCUT2D eigenvalue weighted by molar-refractivity contribution is 5.90. The minimum absolute atomic E-state index is 0.0437. The Morgan fingerprint density at radius 3 is 1.76 bits per heavy atom. The summed E-state index contributed by atoms with van der Waals surface area (Å²) in [6, 6.07) is 60.1. The third-order valence-electron chi connectivity index (χ3n) is 11.3. The van der Waals surface area contributed by atoms with E-state index in [1.165, 1.54) is 72.2 Å². The molecule has 9 rings (SSSR count). The molecule has 246 valence electrons. The minimum Gasteiger partial charge on any atom is -0.311 e. The maximum absolute atomic E-state index is 2.44. The van der Waals surface area contributed by atoms with Crippen molar-refractivity contribution >= 4 is 22.1 Å². The molecule has 0 heterocycles. The molecule has 0 fully saturated rings. The number of hydrogen-bond donors (Lipinski definition) is 0. The largest absolute Gasteiger partial charge is 0.311 e. The van der Waals surface area contributed by atoms with Crippen LogP contribution >= 0.6 is 0 Å². The maximum atomic E-state index is 2.44. The smallest absolute Gasteiger partial charge is 0.0464 e. The van der Waals surface area contributed by atoms with Crippen molar-refractivity contribution < 1.29 is 0 Å². The van der Waals surface area contributed by atoms with Crippen molar-refractivity contribution in [3.8, 4) is 33.4 Å². The van der Waals surface area contributed by atoms with Gasteiger partial charge in [0.2, 0.25) is 0 Å². The van der Waals surface area contributed by atoms with Crippen LogP contribution in [-0.2, 0) is 10.8 Å². The Bertz CT molecular complexity index is 2470. The third-order valence-corrected chi connectivity index (χ3v) is 11.3. The lowest BCUT2D eigenvalue weighted by Gasteiger charge is -2.34. The molecule has 0 amide bonds. The molecule has 1 unspecified atom stereocenters. The molecule has 2 aliphatic carbocycles. The van der Waals surface area contributed by atoms with Gasteiger partial charge in [-0.1, -0.05) is 160 Å². The van der Waals surface area contributed by atoms with E-state index in [9.17, 15) is 0 Å². The number of hydrogen-bond acceptors (Lipinski definition) is 1. The first-order chi connectivity index (χ1) is 24.9. The Hall–Kier alpha value is -5.92. The Morgan fingerprint density at radius 2 is 1.04 bits per heavy atom. The van der Waals surface area contributed by atoms with Crippen LogP contribution in [0.4, 0.5) is 11.4 Å². The lowest BCUT2D eigenvalue weighted by Crippen LogP contribution is -2.24. The Kier molecular flexibility index (Phi) is 7.40. The van der Waals surface area contributed by atoms with Crippen molar-refractivity contribution in [3.63, 3.8) is 0 Å². The van der Waals surface area contributed by atoms with Crippen LogP contribution in [0, 0.1) is 0 Å². The summed E-state index contributed by atoms with van der Waals surface area (Å²) < 4.78 is 0. The molecule has 0 saturated heterocycles. The summed E-state index contributed by atoms with van der Waals surface area (Å²) in [4.78, 5) is 2.44. The van der Waals surface area contributed by atoms with Gasteiger partial charge in [-0.05, 0) is 110 Å². The van der Waals surface area contributed by atoms with Crippen LogP contribution < -0.4 is 4.90 Å². The minimum atomic E-state index is -0.154. The molecule has 0 N–H and O–H groups in total. The zero-order valence-electron chi connectivity index (χ0n) is 29.5. The van der Waals surface area contributed by atoms with Crippen LogP contribution in [0.25, 0.3) is 44.2 Å². The molecule has 0 radical (unpaired) electrons. The van der Waals surface area contributed by atoms with E-state index in [4.69, 9.17) is 0 Å². The first-order valence-electron chi connectivity index (χ1n) is 18.1. The SMILES string of the molecule is CC1(c2ccccc2)C=CC(N(c2ccc(-c3ccccc3)cc2)c2ccc3c(c2)C(C)(C)c2cc(-c4ccc5ccccc5c4)ccc2-3)=CC1. The van der Waals surface area contributed by atoms with Crippen molar-refractivity contribution in [1.29, 1.82) is 0 Å². The quantitative estimate of drug-likeness (QED) is 0.172. The summed E-state index contributed by atoms with van der Waals surface area (Å²) in [5.74, 6) is 0. The third kappa shape index (κ3) is 5.41. The molecule has 1 nitrogen and oxygen atoms in total. The molecule has 1 heteroatoms. The molecule has 0 aliphatic heterocycles. The van der Waals surface area contributed by atoms with E-state index in [2.05, 4.69) is 208 Å². The zero-order chi connectivity index (χ0) is 34.6. The van der Waals surface area contributed by atoms with E-state index < -0.39 is 0 Å². The second-order valence-electron chi connectivity index (χ2n) is 14.9. The number of anilines is 2. The van der Waals surface area contributed by atoms with Gasteiger partial charge in [-0.15, -0.1) is 0 Å². The van der Waals surface area contributed by atoms with Crippen molar-refractivity contribution in [2.75, 3.05) is 4.90 Å². The predicted octanol–water partition coefficient (Wildman–Crippen LogP) is 13.4. The van der Waals surface area contributed by atoms with Gasteiger partial charge >= 0.3 is 0 Å². The van der Waals surface area contributed by atoms with Crippen molar-refractivity contribution in [2.45, 2.75) is 38.0 Å². The molecule has 7 aromatic rings.